The Morgan fingerprint density at radius 3 is 2.21 bits per heavy atom. The largest absolute Gasteiger partial charge is 0.326 e. The summed E-state index contributed by atoms with van der Waals surface area (Å²) >= 11 is 0. The van der Waals surface area contributed by atoms with Crippen molar-refractivity contribution in [1.82, 2.24) is 5.48 Å². The Morgan fingerprint density at radius 1 is 1.12 bits per heavy atom. The molecule has 0 aliphatic carbocycles. The van der Waals surface area contributed by atoms with E-state index in [2.05, 4.69) is 5.32 Å². The van der Waals surface area contributed by atoms with Gasteiger partial charge in [0.2, 0.25) is 5.91 Å². The summed E-state index contributed by atoms with van der Waals surface area (Å²) in [5, 5.41) is 10.1. The molecule has 1 aromatic rings. The van der Waals surface area contributed by atoms with Crippen LogP contribution in [0.15, 0.2) is 53.0 Å². The van der Waals surface area contributed by atoms with Crippen molar-refractivity contribution in [2.45, 2.75) is 30.9 Å². The van der Waals surface area contributed by atoms with Gasteiger partial charge in [-0.05, 0) is 38.1 Å². The Hall–Kier alpha value is -2.45. The lowest BCUT2D eigenvalue weighted by Crippen LogP contribution is -2.16. The van der Waals surface area contributed by atoms with Gasteiger partial charge in [0.05, 0.1) is 10.1 Å². The van der Waals surface area contributed by atoms with Crippen LogP contribution in [0.25, 0.3) is 0 Å². The summed E-state index contributed by atoms with van der Waals surface area (Å²) in [6.07, 6.45) is 3.99. The maximum absolute atomic E-state index is 12.5. The average molecular weight is 352 g/mol. The zero-order chi connectivity index (χ0) is 18.3. The van der Waals surface area contributed by atoms with Crippen LogP contribution in [0.3, 0.4) is 0 Å². The summed E-state index contributed by atoms with van der Waals surface area (Å²) in [6.45, 7) is 4.54. The van der Waals surface area contributed by atoms with E-state index in [1.54, 1.807) is 6.92 Å². The Labute approximate surface area is 140 Å². The van der Waals surface area contributed by atoms with Gasteiger partial charge in [0.15, 0.2) is 9.84 Å². The topological polar surface area (TPSA) is 113 Å². The first kappa shape index (κ1) is 19.6. The first-order valence-electron chi connectivity index (χ1n) is 7.09. The third-order valence-corrected chi connectivity index (χ3v) is 5.14. The first-order chi connectivity index (χ1) is 11.2. The number of hydrogen-bond donors (Lipinski definition) is 3. The molecule has 0 aliphatic heterocycles. The number of nitrogens with one attached hydrogen (secondary N) is 2. The molecule has 0 saturated carbocycles. The van der Waals surface area contributed by atoms with E-state index in [0.717, 1.165) is 6.08 Å². The van der Waals surface area contributed by atoms with E-state index in [4.69, 9.17) is 5.21 Å². The van der Waals surface area contributed by atoms with Gasteiger partial charge >= 0.3 is 0 Å². The minimum atomic E-state index is -3.60. The molecule has 8 heteroatoms. The van der Waals surface area contributed by atoms with Gasteiger partial charge in [-0.25, -0.2) is 13.9 Å². The lowest BCUT2D eigenvalue weighted by Gasteiger charge is -2.11. The molecule has 0 bridgehead atoms. The monoisotopic (exact) mass is 352 g/mol. The summed E-state index contributed by atoms with van der Waals surface area (Å²) in [5.41, 5.74) is 2.52. The van der Waals surface area contributed by atoms with E-state index in [0.29, 0.717) is 11.3 Å². The Balaban J connectivity index is 2.96. The van der Waals surface area contributed by atoms with Crippen molar-refractivity contribution in [3.8, 4) is 0 Å². The highest BCUT2D eigenvalue weighted by molar-refractivity contribution is 7.92. The van der Waals surface area contributed by atoms with Crippen LogP contribution in [0, 0.1) is 0 Å². The molecule has 0 fully saturated rings. The summed E-state index contributed by atoms with van der Waals surface area (Å²) in [6, 6.07) is 5.89. The van der Waals surface area contributed by atoms with E-state index < -0.39 is 21.0 Å². The highest BCUT2D eigenvalue weighted by Gasteiger charge is 2.21. The van der Waals surface area contributed by atoms with E-state index in [1.165, 1.54) is 55.7 Å². The molecule has 130 valence electrons. The molecule has 1 aromatic carbocycles. The quantitative estimate of drug-likeness (QED) is 0.313. The second kappa shape index (κ2) is 8.42. The number of allylic oxidation sites excluding steroid dienone is 2. The number of amides is 2. The number of hydrogen-bond acceptors (Lipinski definition) is 5. The molecule has 0 aliphatic rings. The second-order valence-corrected chi connectivity index (χ2v) is 7.48. The Morgan fingerprint density at radius 2 is 1.71 bits per heavy atom. The molecule has 1 unspecified atom stereocenters. The lowest BCUT2D eigenvalue weighted by atomic mass is 10.2. The summed E-state index contributed by atoms with van der Waals surface area (Å²) in [4.78, 5) is 22.0. The summed E-state index contributed by atoms with van der Waals surface area (Å²) in [7, 11) is -3.60. The van der Waals surface area contributed by atoms with Crippen LogP contribution < -0.4 is 10.8 Å². The van der Waals surface area contributed by atoms with Gasteiger partial charge in [-0.1, -0.05) is 17.7 Å². The number of rotatable bonds is 6. The molecule has 24 heavy (non-hydrogen) atoms. The van der Waals surface area contributed by atoms with Crippen molar-refractivity contribution in [3.05, 3.63) is 48.1 Å². The fraction of sp³-hybridized carbons (Fsp3) is 0.250. The predicted octanol–water partition coefficient (Wildman–Crippen LogP) is 1.82. The smallest absolute Gasteiger partial charge is 0.267 e. The molecule has 7 nitrogen and oxygen atoms in total. The summed E-state index contributed by atoms with van der Waals surface area (Å²) < 4.78 is 25.0. The number of hydroxylamine groups is 1. The second-order valence-electron chi connectivity index (χ2n) is 5.18. The molecule has 0 spiro atoms. The fourth-order valence-corrected chi connectivity index (χ4v) is 3.24. The molecule has 3 N–H and O–H groups in total. The van der Waals surface area contributed by atoms with Crippen molar-refractivity contribution in [1.29, 1.82) is 0 Å². The van der Waals surface area contributed by atoms with Gasteiger partial charge in [-0.15, -0.1) is 0 Å². The molecule has 1 rings (SSSR count). The van der Waals surface area contributed by atoms with Gasteiger partial charge < -0.3 is 5.32 Å². The van der Waals surface area contributed by atoms with Crippen molar-refractivity contribution in [2.75, 3.05) is 5.32 Å². The zero-order valence-electron chi connectivity index (χ0n) is 13.6. The lowest BCUT2D eigenvalue weighted by molar-refractivity contribution is -0.124. The van der Waals surface area contributed by atoms with Crippen LogP contribution in [-0.2, 0) is 19.4 Å². The summed E-state index contributed by atoms with van der Waals surface area (Å²) in [5.74, 6) is -0.942. The molecule has 0 heterocycles. The van der Waals surface area contributed by atoms with Gasteiger partial charge in [-0.2, -0.15) is 0 Å². The number of carbonyl (C=O) groups excluding carboxylic acids is 2. The van der Waals surface area contributed by atoms with Gasteiger partial charge in [0, 0.05) is 18.7 Å². The minimum absolute atomic E-state index is 0.130. The minimum Gasteiger partial charge on any atom is -0.326 e. The Bertz CT molecular complexity index is 764. The zero-order valence-corrected chi connectivity index (χ0v) is 14.4. The van der Waals surface area contributed by atoms with Crippen LogP contribution in [-0.4, -0.2) is 30.7 Å². The average Bonchev–Trinajstić information content (AvgIpc) is 2.52. The number of anilines is 1. The van der Waals surface area contributed by atoms with E-state index >= 15 is 0 Å². The maximum Gasteiger partial charge on any atom is 0.267 e. The van der Waals surface area contributed by atoms with Crippen LogP contribution in [0.2, 0.25) is 0 Å². The molecule has 0 radical (unpaired) electrons. The van der Waals surface area contributed by atoms with Crippen LogP contribution in [0.4, 0.5) is 5.69 Å². The van der Waals surface area contributed by atoms with Crippen molar-refractivity contribution < 1.29 is 23.2 Å². The Kier molecular flexibility index (Phi) is 6.87. The highest BCUT2D eigenvalue weighted by Crippen LogP contribution is 2.20. The van der Waals surface area contributed by atoms with Gasteiger partial charge in [0.1, 0.15) is 0 Å². The SMILES string of the molecule is CC(=O)Nc1ccc(S(=O)(=O)C(C)/C=C(C)/C=C/C(=O)NO)cc1. The van der Waals surface area contributed by atoms with E-state index in [-0.39, 0.29) is 10.8 Å². The number of sulfone groups is 1. The molecule has 1 atom stereocenters. The predicted molar refractivity (Wildman–Crippen MR) is 90.2 cm³/mol. The van der Waals surface area contributed by atoms with Crippen molar-refractivity contribution in [2.24, 2.45) is 0 Å². The van der Waals surface area contributed by atoms with Crippen molar-refractivity contribution >= 4 is 27.3 Å². The van der Waals surface area contributed by atoms with E-state index in [9.17, 15) is 18.0 Å². The van der Waals surface area contributed by atoms with Crippen molar-refractivity contribution in [3.63, 3.8) is 0 Å². The molecular formula is C16H20N2O5S. The highest BCUT2D eigenvalue weighted by atomic mass is 32.2. The number of carbonyl (C=O) groups is 2. The first-order valence-corrected chi connectivity index (χ1v) is 8.63. The van der Waals surface area contributed by atoms with Crippen LogP contribution >= 0.6 is 0 Å². The molecule has 0 aromatic heterocycles. The van der Waals surface area contributed by atoms with E-state index in [1.807, 2.05) is 0 Å². The van der Waals surface area contributed by atoms with Crippen LogP contribution in [0.1, 0.15) is 20.8 Å². The molecule has 2 amide bonds. The standard InChI is InChI=1S/C16H20N2O5S/c1-11(4-9-16(20)18-21)10-12(2)24(22,23)15-7-5-14(6-8-15)17-13(3)19/h4-10,12,21H,1-3H3,(H,17,19)(H,18,20)/b9-4+,11-10+. The van der Waals surface area contributed by atoms with Gasteiger partial charge in [-0.3, -0.25) is 14.8 Å². The number of benzene rings is 1. The third-order valence-electron chi connectivity index (χ3n) is 3.10. The normalized spacial score (nSPS) is 13.6. The third kappa shape index (κ3) is 5.64. The van der Waals surface area contributed by atoms with Gasteiger partial charge in [0.25, 0.3) is 5.91 Å². The fourth-order valence-electron chi connectivity index (χ4n) is 1.91. The molecular weight excluding hydrogens is 332 g/mol. The van der Waals surface area contributed by atoms with Crippen LogP contribution in [0.5, 0.6) is 0 Å². The molecule has 0 saturated heterocycles. The maximum atomic E-state index is 12.5.